The zero-order valence-electron chi connectivity index (χ0n) is 25.8. The monoisotopic (exact) mass is 593 g/mol. The van der Waals surface area contributed by atoms with Gasteiger partial charge >= 0.3 is 0 Å². The van der Waals surface area contributed by atoms with E-state index in [0.29, 0.717) is 42.1 Å². The van der Waals surface area contributed by atoms with Crippen molar-refractivity contribution < 1.29 is 14.3 Å². The highest BCUT2D eigenvalue weighted by Gasteiger charge is 2.27. The molecule has 1 saturated heterocycles. The van der Waals surface area contributed by atoms with Gasteiger partial charge in [-0.25, -0.2) is 4.98 Å². The van der Waals surface area contributed by atoms with Crippen molar-refractivity contribution in [2.24, 2.45) is 18.7 Å². The maximum Gasteiger partial charge on any atom is 0.293 e. The summed E-state index contributed by atoms with van der Waals surface area (Å²) in [6.07, 6.45) is 2.55. The smallest absolute Gasteiger partial charge is 0.293 e. The molecule has 0 radical (unpaired) electrons. The van der Waals surface area contributed by atoms with Crippen molar-refractivity contribution in [2.75, 3.05) is 17.2 Å². The fourth-order valence-electron chi connectivity index (χ4n) is 5.42. The van der Waals surface area contributed by atoms with E-state index < -0.39 is 0 Å². The molecule has 2 unspecified atom stereocenters. The molecule has 4 aromatic rings. The van der Waals surface area contributed by atoms with E-state index in [2.05, 4.69) is 31.4 Å². The Kier molecular flexibility index (Phi) is 8.69. The Hall–Kier alpha value is -4.76. The molecule has 1 aliphatic heterocycles. The molecule has 1 fully saturated rings. The van der Waals surface area contributed by atoms with E-state index in [0.717, 1.165) is 22.3 Å². The molecule has 228 valence electrons. The van der Waals surface area contributed by atoms with Crippen LogP contribution in [0.5, 0.6) is 0 Å². The van der Waals surface area contributed by atoms with Gasteiger partial charge in [-0.05, 0) is 72.2 Å². The van der Waals surface area contributed by atoms with Gasteiger partial charge in [0.25, 0.3) is 11.5 Å². The number of ether oxygens (including phenoxy) is 1. The average Bonchev–Trinajstić information content (AvgIpc) is 3.00. The second kappa shape index (κ2) is 12.5. The standard InChI is InChI=1S/C35H39N5O4/c1-21-27(10-7-11-28(21)39-33(42)22-12-14-25(15-13-22)35(2,3)4)29-20-40(5)34(43)32(38-29)37-26-9-6-8-23(18-26)30-19-24(31(36)41)16-17-44-30/h6-15,18,20,24,30H,16-17,19H2,1-5H3,(H2,36,41)(H,37,38)(H,39,42). The van der Waals surface area contributed by atoms with E-state index in [4.69, 9.17) is 15.5 Å². The molecule has 2 heterocycles. The van der Waals surface area contributed by atoms with Gasteiger partial charge in [0.15, 0.2) is 5.82 Å². The van der Waals surface area contributed by atoms with Crippen LogP contribution in [-0.4, -0.2) is 28.0 Å². The Morgan fingerprint density at radius 1 is 1.05 bits per heavy atom. The minimum Gasteiger partial charge on any atom is -0.373 e. The third kappa shape index (κ3) is 6.73. The van der Waals surface area contributed by atoms with Gasteiger partial charge in [-0.2, -0.15) is 0 Å². The van der Waals surface area contributed by atoms with E-state index in [1.807, 2.05) is 73.7 Å². The van der Waals surface area contributed by atoms with E-state index in [1.54, 1.807) is 13.2 Å². The minimum absolute atomic E-state index is 0.00121. The lowest BCUT2D eigenvalue weighted by Crippen LogP contribution is -2.30. The molecule has 0 aliphatic carbocycles. The Balaban J connectivity index is 1.38. The first-order valence-electron chi connectivity index (χ1n) is 14.8. The Labute approximate surface area is 257 Å². The maximum atomic E-state index is 13.1. The van der Waals surface area contributed by atoms with Gasteiger partial charge in [0.1, 0.15) is 0 Å². The Morgan fingerprint density at radius 2 is 1.77 bits per heavy atom. The molecular weight excluding hydrogens is 554 g/mol. The summed E-state index contributed by atoms with van der Waals surface area (Å²) in [5, 5.41) is 6.21. The predicted octanol–water partition coefficient (Wildman–Crippen LogP) is 6.00. The van der Waals surface area contributed by atoms with E-state index >= 15 is 0 Å². The first-order chi connectivity index (χ1) is 20.9. The molecule has 1 aliphatic rings. The van der Waals surface area contributed by atoms with Gasteiger partial charge in [0.05, 0.1) is 11.8 Å². The molecule has 44 heavy (non-hydrogen) atoms. The maximum absolute atomic E-state index is 13.1. The van der Waals surface area contributed by atoms with Gasteiger partial charge in [0, 0.05) is 48.3 Å². The lowest BCUT2D eigenvalue weighted by molar-refractivity contribution is -0.126. The minimum atomic E-state index is -0.314. The number of hydrogen-bond acceptors (Lipinski definition) is 6. The van der Waals surface area contributed by atoms with Crippen LogP contribution in [0.2, 0.25) is 0 Å². The van der Waals surface area contributed by atoms with Gasteiger partial charge in [-0.1, -0.05) is 57.2 Å². The normalized spacial score (nSPS) is 16.8. The summed E-state index contributed by atoms with van der Waals surface area (Å²) in [4.78, 5) is 42.7. The number of anilines is 3. The third-order valence-electron chi connectivity index (χ3n) is 8.15. The Morgan fingerprint density at radius 3 is 2.48 bits per heavy atom. The van der Waals surface area contributed by atoms with Crippen LogP contribution in [0.25, 0.3) is 11.3 Å². The SMILES string of the molecule is Cc1c(NC(=O)c2ccc(C(C)(C)C)cc2)cccc1-c1cn(C)c(=O)c(Nc2cccc(C3CC(C(N)=O)CCO3)c2)n1. The molecule has 4 N–H and O–H groups in total. The number of aryl methyl sites for hydroxylation is 1. The number of amides is 2. The van der Waals surface area contributed by atoms with Gasteiger partial charge in [-0.15, -0.1) is 0 Å². The first-order valence-corrected chi connectivity index (χ1v) is 14.8. The number of aromatic nitrogens is 2. The lowest BCUT2D eigenvalue weighted by Gasteiger charge is -2.28. The Bertz CT molecular complexity index is 1750. The number of nitrogens with one attached hydrogen (secondary N) is 2. The highest BCUT2D eigenvalue weighted by molar-refractivity contribution is 6.05. The molecule has 0 saturated carbocycles. The largest absolute Gasteiger partial charge is 0.373 e. The molecule has 2 atom stereocenters. The van der Waals surface area contributed by atoms with Crippen LogP contribution in [-0.2, 0) is 22.0 Å². The number of primary amides is 1. The number of nitrogens with zero attached hydrogens (tertiary/aromatic N) is 2. The highest BCUT2D eigenvalue weighted by Crippen LogP contribution is 2.33. The van der Waals surface area contributed by atoms with Crippen LogP contribution < -0.4 is 21.9 Å². The summed E-state index contributed by atoms with van der Waals surface area (Å²) >= 11 is 0. The number of carbonyl (C=O) groups is 2. The van der Waals surface area contributed by atoms with Crippen LogP contribution in [0, 0.1) is 12.8 Å². The van der Waals surface area contributed by atoms with Gasteiger partial charge < -0.3 is 25.7 Å². The van der Waals surface area contributed by atoms with Crippen molar-refractivity contribution >= 4 is 29.0 Å². The van der Waals surface area contributed by atoms with Crippen molar-refractivity contribution in [3.63, 3.8) is 0 Å². The van der Waals surface area contributed by atoms with Crippen LogP contribution in [0.4, 0.5) is 17.2 Å². The van der Waals surface area contributed by atoms with Crippen LogP contribution >= 0.6 is 0 Å². The molecule has 9 heteroatoms. The van der Waals surface area contributed by atoms with Crippen molar-refractivity contribution in [3.8, 4) is 11.3 Å². The topological polar surface area (TPSA) is 128 Å². The third-order valence-corrected chi connectivity index (χ3v) is 8.15. The predicted molar refractivity (Wildman–Crippen MR) is 173 cm³/mol. The quantitative estimate of drug-likeness (QED) is 0.241. The first kappa shape index (κ1) is 30.7. The van der Waals surface area contributed by atoms with Gasteiger partial charge in [-0.3, -0.25) is 14.4 Å². The molecular formula is C35H39N5O4. The van der Waals surface area contributed by atoms with Crippen molar-refractivity contribution in [1.29, 1.82) is 0 Å². The number of hydrogen-bond donors (Lipinski definition) is 3. The molecule has 5 rings (SSSR count). The van der Waals surface area contributed by atoms with Gasteiger partial charge in [0.2, 0.25) is 5.91 Å². The summed E-state index contributed by atoms with van der Waals surface area (Å²) in [6, 6.07) is 20.8. The fraction of sp³-hybridized carbons (Fsp3) is 0.314. The summed E-state index contributed by atoms with van der Waals surface area (Å²) in [7, 11) is 1.68. The van der Waals surface area contributed by atoms with Crippen molar-refractivity contribution in [3.05, 3.63) is 106 Å². The molecule has 3 aromatic carbocycles. The number of rotatable bonds is 7. The average molecular weight is 594 g/mol. The van der Waals surface area contributed by atoms with E-state index in [1.165, 1.54) is 4.57 Å². The van der Waals surface area contributed by atoms with E-state index in [9.17, 15) is 14.4 Å². The van der Waals surface area contributed by atoms with Crippen LogP contribution in [0.15, 0.2) is 77.7 Å². The second-order valence-electron chi connectivity index (χ2n) is 12.4. The fourth-order valence-corrected chi connectivity index (χ4v) is 5.42. The molecule has 0 spiro atoms. The second-order valence-corrected chi connectivity index (χ2v) is 12.4. The zero-order valence-corrected chi connectivity index (χ0v) is 25.8. The van der Waals surface area contributed by atoms with Crippen LogP contribution in [0.3, 0.4) is 0 Å². The summed E-state index contributed by atoms with van der Waals surface area (Å²) in [5.41, 5.74) is 11.4. The lowest BCUT2D eigenvalue weighted by atomic mass is 9.86. The zero-order chi connectivity index (χ0) is 31.6. The number of nitrogens with two attached hydrogens (primary N) is 1. The van der Waals surface area contributed by atoms with Crippen molar-refractivity contribution in [2.45, 2.75) is 52.1 Å². The molecule has 2 amide bonds. The van der Waals surface area contributed by atoms with Crippen molar-refractivity contribution in [1.82, 2.24) is 9.55 Å². The highest BCUT2D eigenvalue weighted by atomic mass is 16.5. The molecule has 9 nitrogen and oxygen atoms in total. The van der Waals surface area contributed by atoms with Crippen LogP contribution in [0.1, 0.15) is 66.8 Å². The summed E-state index contributed by atoms with van der Waals surface area (Å²) in [6.45, 7) is 8.78. The number of carbonyl (C=O) groups excluding carboxylic acids is 2. The summed E-state index contributed by atoms with van der Waals surface area (Å²) in [5.74, 6) is -0.584. The number of benzene rings is 3. The van der Waals surface area contributed by atoms with E-state index in [-0.39, 0.29) is 40.6 Å². The molecule has 0 bridgehead atoms. The molecule has 1 aromatic heterocycles. The summed E-state index contributed by atoms with van der Waals surface area (Å²) < 4.78 is 7.40.